The van der Waals surface area contributed by atoms with Gasteiger partial charge in [0.2, 0.25) is 5.78 Å². The van der Waals surface area contributed by atoms with Gasteiger partial charge in [0.05, 0.1) is 24.9 Å². The SMILES string of the molecule is O=C(CC1(O)C(=O)N(Cc2ccc3ccccc3c2)c2ccc(Br)cc21)c1ccco1. The number of hydrogen-bond donors (Lipinski definition) is 1. The summed E-state index contributed by atoms with van der Waals surface area (Å²) >= 11 is 3.41. The third kappa shape index (κ3) is 3.38. The first-order valence-corrected chi connectivity index (χ1v) is 10.6. The second-order valence-electron chi connectivity index (χ2n) is 7.67. The number of carbonyl (C=O) groups excluding carboxylic acids is 2. The lowest BCUT2D eigenvalue weighted by Crippen LogP contribution is -2.41. The molecule has 0 spiro atoms. The van der Waals surface area contributed by atoms with Crippen molar-refractivity contribution in [1.29, 1.82) is 0 Å². The average Bonchev–Trinajstić information content (AvgIpc) is 3.37. The van der Waals surface area contributed by atoms with Gasteiger partial charge in [-0.2, -0.15) is 0 Å². The summed E-state index contributed by atoms with van der Waals surface area (Å²) in [4.78, 5) is 27.7. The Balaban J connectivity index is 1.52. The van der Waals surface area contributed by atoms with Crippen LogP contribution in [0, 0.1) is 0 Å². The number of amides is 1. The van der Waals surface area contributed by atoms with E-state index in [9.17, 15) is 14.7 Å². The molecule has 1 unspecified atom stereocenters. The van der Waals surface area contributed by atoms with E-state index in [1.54, 1.807) is 23.1 Å². The Morgan fingerprint density at radius 2 is 1.81 bits per heavy atom. The number of aliphatic hydroxyl groups is 1. The molecule has 0 bridgehead atoms. The summed E-state index contributed by atoms with van der Waals surface area (Å²) in [6, 6.07) is 22.5. The molecule has 5 rings (SSSR count). The fourth-order valence-corrected chi connectivity index (χ4v) is 4.49. The molecular formula is C25H18BrNO4. The molecule has 3 aromatic carbocycles. The molecule has 6 heteroatoms. The van der Waals surface area contributed by atoms with E-state index in [1.807, 2.05) is 48.5 Å². The van der Waals surface area contributed by atoms with Gasteiger partial charge in [0.15, 0.2) is 11.4 Å². The molecule has 4 aromatic rings. The normalized spacial score (nSPS) is 17.9. The molecule has 0 fully saturated rings. The van der Waals surface area contributed by atoms with Crippen LogP contribution in [0.2, 0.25) is 0 Å². The van der Waals surface area contributed by atoms with Gasteiger partial charge in [-0.05, 0) is 52.7 Å². The Morgan fingerprint density at radius 3 is 2.58 bits per heavy atom. The van der Waals surface area contributed by atoms with Crippen molar-refractivity contribution in [2.45, 2.75) is 18.6 Å². The first-order valence-electron chi connectivity index (χ1n) is 9.84. The molecule has 31 heavy (non-hydrogen) atoms. The number of hydrogen-bond acceptors (Lipinski definition) is 4. The van der Waals surface area contributed by atoms with Gasteiger partial charge in [-0.15, -0.1) is 0 Å². The summed E-state index contributed by atoms with van der Waals surface area (Å²) in [5, 5.41) is 13.6. The quantitative estimate of drug-likeness (QED) is 0.402. The topological polar surface area (TPSA) is 70.8 Å². The molecule has 2 heterocycles. The van der Waals surface area contributed by atoms with E-state index < -0.39 is 23.7 Å². The second kappa shape index (κ2) is 7.48. The van der Waals surface area contributed by atoms with Gasteiger partial charge in [0.25, 0.3) is 5.91 Å². The van der Waals surface area contributed by atoms with Crippen LogP contribution in [0.15, 0.2) is 87.9 Å². The number of ketones is 1. The van der Waals surface area contributed by atoms with Crippen LogP contribution in [-0.4, -0.2) is 16.8 Å². The number of benzene rings is 3. The number of fused-ring (bicyclic) bond motifs is 2. The largest absolute Gasteiger partial charge is 0.461 e. The molecule has 1 amide bonds. The van der Waals surface area contributed by atoms with Crippen molar-refractivity contribution >= 4 is 44.1 Å². The first-order chi connectivity index (χ1) is 15.0. The lowest BCUT2D eigenvalue weighted by atomic mass is 9.89. The molecule has 1 N–H and O–H groups in total. The minimum absolute atomic E-state index is 0.116. The van der Waals surface area contributed by atoms with Gasteiger partial charge < -0.3 is 14.4 Å². The van der Waals surface area contributed by atoms with Crippen LogP contribution in [0.4, 0.5) is 5.69 Å². The van der Waals surface area contributed by atoms with Gasteiger partial charge in [-0.3, -0.25) is 9.59 Å². The Labute approximate surface area is 187 Å². The van der Waals surface area contributed by atoms with Crippen LogP contribution in [-0.2, 0) is 16.9 Å². The maximum Gasteiger partial charge on any atom is 0.264 e. The number of anilines is 1. The molecule has 0 aliphatic carbocycles. The molecule has 1 atom stereocenters. The van der Waals surface area contributed by atoms with Gasteiger partial charge in [0.1, 0.15) is 0 Å². The zero-order chi connectivity index (χ0) is 21.6. The van der Waals surface area contributed by atoms with E-state index in [0.717, 1.165) is 20.8 Å². The maximum atomic E-state index is 13.4. The molecule has 1 aliphatic heterocycles. The minimum Gasteiger partial charge on any atom is -0.461 e. The fourth-order valence-electron chi connectivity index (χ4n) is 4.13. The number of carbonyl (C=O) groups is 2. The van der Waals surface area contributed by atoms with Crippen molar-refractivity contribution in [2.75, 3.05) is 4.90 Å². The number of halogens is 1. The summed E-state index contributed by atoms with van der Waals surface area (Å²) in [7, 11) is 0. The van der Waals surface area contributed by atoms with Gasteiger partial charge >= 0.3 is 0 Å². The van der Waals surface area contributed by atoms with E-state index in [1.165, 1.54) is 12.3 Å². The second-order valence-corrected chi connectivity index (χ2v) is 8.59. The van der Waals surface area contributed by atoms with E-state index in [2.05, 4.69) is 15.9 Å². The Kier molecular flexibility index (Phi) is 4.76. The highest BCUT2D eigenvalue weighted by molar-refractivity contribution is 9.10. The average molecular weight is 476 g/mol. The van der Waals surface area contributed by atoms with E-state index in [-0.39, 0.29) is 12.3 Å². The smallest absolute Gasteiger partial charge is 0.264 e. The minimum atomic E-state index is -1.96. The third-order valence-electron chi connectivity index (χ3n) is 5.66. The molecule has 1 aromatic heterocycles. The van der Waals surface area contributed by atoms with Gasteiger partial charge in [-0.1, -0.05) is 52.3 Å². The van der Waals surface area contributed by atoms with Crippen LogP contribution in [0.25, 0.3) is 10.8 Å². The van der Waals surface area contributed by atoms with Gasteiger partial charge in [0, 0.05) is 10.0 Å². The highest BCUT2D eigenvalue weighted by atomic mass is 79.9. The van der Waals surface area contributed by atoms with Crippen LogP contribution in [0.3, 0.4) is 0 Å². The van der Waals surface area contributed by atoms with E-state index >= 15 is 0 Å². The van der Waals surface area contributed by atoms with Crippen LogP contribution in [0.1, 0.15) is 28.1 Å². The third-order valence-corrected chi connectivity index (χ3v) is 6.15. The van der Waals surface area contributed by atoms with Crippen LogP contribution < -0.4 is 4.90 Å². The van der Waals surface area contributed by atoms with Crippen molar-refractivity contribution in [3.8, 4) is 0 Å². The molecular weight excluding hydrogens is 458 g/mol. The zero-order valence-corrected chi connectivity index (χ0v) is 18.0. The standard InChI is InChI=1S/C25H18BrNO4/c26-19-9-10-21-20(13-19)25(30,14-22(28)23-6-3-11-31-23)24(29)27(21)15-16-7-8-17-4-1-2-5-18(17)12-16/h1-13,30H,14-15H2. The maximum absolute atomic E-state index is 13.4. The van der Waals surface area contributed by atoms with E-state index in [0.29, 0.717) is 11.3 Å². The molecule has 1 aliphatic rings. The van der Waals surface area contributed by atoms with Gasteiger partial charge in [-0.25, -0.2) is 0 Å². The van der Waals surface area contributed by atoms with Crippen LogP contribution in [0.5, 0.6) is 0 Å². The fraction of sp³-hybridized carbons (Fsp3) is 0.120. The zero-order valence-electron chi connectivity index (χ0n) is 16.4. The Morgan fingerprint density at radius 1 is 1.00 bits per heavy atom. The first kappa shape index (κ1) is 19.7. The Hall–Kier alpha value is -3.22. The van der Waals surface area contributed by atoms with Crippen molar-refractivity contribution in [1.82, 2.24) is 0 Å². The predicted molar refractivity (Wildman–Crippen MR) is 121 cm³/mol. The van der Waals surface area contributed by atoms with Crippen molar-refractivity contribution in [3.63, 3.8) is 0 Å². The summed E-state index contributed by atoms with van der Waals surface area (Å²) in [6.07, 6.45) is 1.00. The summed E-state index contributed by atoms with van der Waals surface area (Å²) < 4.78 is 5.88. The highest BCUT2D eigenvalue weighted by Gasteiger charge is 2.51. The Bertz CT molecular complexity index is 1310. The lowest BCUT2D eigenvalue weighted by Gasteiger charge is -2.22. The lowest BCUT2D eigenvalue weighted by molar-refractivity contribution is -0.136. The monoisotopic (exact) mass is 475 g/mol. The summed E-state index contributed by atoms with van der Waals surface area (Å²) in [5.74, 6) is -0.834. The van der Waals surface area contributed by atoms with Crippen molar-refractivity contribution in [2.24, 2.45) is 0 Å². The number of furan rings is 1. The van der Waals surface area contributed by atoms with Crippen LogP contribution >= 0.6 is 15.9 Å². The van der Waals surface area contributed by atoms with E-state index in [4.69, 9.17) is 4.42 Å². The molecule has 5 nitrogen and oxygen atoms in total. The molecule has 0 saturated heterocycles. The van der Waals surface area contributed by atoms with Crippen molar-refractivity contribution in [3.05, 3.63) is 100 Å². The molecule has 0 radical (unpaired) electrons. The predicted octanol–water partition coefficient (Wildman–Crippen LogP) is 5.20. The number of rotatable bonds is 5. The summed E-state index contributed by atoms with van der Waals surface area (Å²) in [5.41, 5.74) is -0.0222. The summed E-state index contributed by atoms with van der Waals surface area (Å²) in [6.45, 7) is 0.287. The van der Waals surface area contributed by atoms with Crippen molar-refractivity contribution < 1.29 is 19.1 Å². The number of Topliss-reactive ketones (excluding diaryl/α,β-unsaturated/α-hetero) is 1. The molecule has 0 saturated carbocycles. The molecule has 154 valence electrons. The number of nitrogens with zero attached hydrogens (tertiary/aromatic N) is 1. The highest BCUT2D eigenvalue weighted by Crippen LogP contribution is 2.45.